The maximum atomic E-state index is 10.9. The highest BCUT2D eigenvalue weighted by molar-refractivity contribution is 5.94. The number of H-pyrrole nitrogens is 1. The molecule has 1 amide bonds. The van der Waals surface area contributed by atoms with Crippen molar-refractivity contribution in [1.82, 2.24) is 24.9 Å². The highest BCUT2D eigenvalue weighted by Crippen LogP contribution is 2.29. The topological polar surface area (TPSA) is 110 Å². The van der Waals surface area contributed by atoms with Gasteiger partial charge in [-0.15, -0.1) is 0 Å². The normalized spacial score (nSPS) is 11.2. The molecule has 0 unspecified atom stereocenters. The molecule has 0 spiro atoms. The second kappa shape index (κ2) is 6.56. The lowest BCUT2D eigenvalue weighted by atomic mass is 10.1. The fourth-order valence-electron chi connectivity index (χ4n) is 2.68. The average molecular weight is 342 g/mol. The summed E-state index contributed by atoms with van der Waals surface area (Å²) in [4.78, 5) is 31.3. The summed E-state index contributed by atoms with van der Waals surface area (Å²) in [5.41, 5.74) is 9.93. The average Bonchev–Trinajstić information content (AvgIpc) is 3.10. The molecule has 0 aliphatic carbocycles. The van der Waals surface area contributed by atoms with E-state index >= 15 is 0 Å². The highest BCUT2D eigenvalue weighted by atomic mass is 16.1. The Balaban J connectivity index is 1.78. The van der Waals surface area contributed by atoms with Gasteiger partial charge in [0.1, 0.15) is 12.0 Å². The maximum Gasteiger partial charge on any atom is 0.241 e. The second-order valence-electron chi connectivity index (χ2n) is 5.60. The molecule has 0 saturated carbocycles. The summed E-state index contributed by atoms with van der Waals surface area (Å²) in [6.07, 6.45) is 9.72. The number of carbonyl (C=O) groups excluding carboxylic acids is 1. The molecule has 7 heteroatoms. The van der Waals surface area contributed by atoms with Crippen LogP contribution in [0.15, 0.2) is 61.3 Å². The van der Waals surface area contributed by atoms with Crippen LogP contribution in [-0.2, 0) is 4.79 Å². The van der Waals surface area contributed by atoms with E-state index in [2.05, 4.69) is 24.9 Å². The lowest BCUT2D eigenvalue weighted by Crippen LogP contribution is -2.05. The Morgan fingerprint density at radius 3 is 2.88 bits per heavy atom. The van der Waals surface area contributed by atoms with Gasteiger partial charge in [0.25, 0.3) is 0 Å². The summed E-state index contributed by atoms with van der Waals surface area (Å²) >= 11 is 0. The van der Waals surface area contributed by atoms with Gasteiger partial charge in [-0.2, -0.15) is 0 Å². The largest absolute Gasteiger partial charge is 0.366 e. The van der Waals surface area contributed by atoms with Crippen LogP contribution in [0.5, 0.6) is 0 Å². The minimum absolute atomic E-state index is 0.512. The summed E-state index contributed by atoms with van der Waals surface area (Å²) in [5.74, 6) is -0.512. The van der Waals surface area contributed by atoms with Crippen molar-refractivity contribution < 1.29 is 4.79 Å². The monoisotopic (exact) mass is 342 g/mol. The molecule has 3 N–H and O–H groups in total. The molecule has 4 heterocycles. The molecule has 0 atom stereocenters. The van der Waals surface area contributed by atoms with Crippen LogP contribution in [0.25, 0.3) is 39.6 Å². The van der Waals surface area contributed by atoms with Gasteiger partial charge < -0.3 is 10.7 Å². The Bertz CT molecular complexity index is 1120. The van der Waals surface area contributed by atoms with Crippen molar-refractivity contribution >= 4 is 23.0 Å². The molecule has 0 bridgehead atoms. The summed E-state index contributed by atoms with van der Waals surface area (Å²) < 4.78 is 0. The van der Waals surface area contributed by atoms with Gasteiger partial charge in [-0.3, -0.25) is 4.79 Å². The lowest BCUT2D eigenvalue weighted by Gasteiger charge is -2.03. The predicted octanol–water partition coefficient (Wildman–Crippen LogP) is 2.58. The summed E-state index contributed by atoms with van der Waals surface area (Å²) in [7, 11) is 0. The fourth-order valence-corrected chi connectivity index (χ4v) is 2.68. The summed E-state index contributed by atoms with van der Waals surface area (Å²) in [5, 5.41) is 0.945. The van der Waals surface area contributed by atoms with Gasteiger partial charge in [0.15, 0.2) is 0 Å². The van der Waals surface area contributed by atoms with Crippen LogP contribution in [0, 0.1) is 0 Å². The molecule has 4 rings (SSSR count). The van der Waals surface area contributed by atoms with Crippen LogP contribution >= 0.6 is 0 Å². The van der Waals surface area contributed by atoms with Crippen molar-refractivity contribution in [3.05, 3.63) is 67.0 Å². The van der Waals surface area contributed by atoms with Crippen LogP contribution in [0.4, 0.5) is 0 Å². The zero-order valence-electron chi connectivity index (χ0n) is 13.6. The van der Waals surface area contributed by atoms with E-state index in [1.165, 1.54) is 12.4 Å². The van der Waals surface area contributed by atoms with Crippen molar-refractivity contribution in [2.24, 2.45) is 5.73 Å². The number of carbonyl (C=O) groups is 1. The number of pyridine rings is 2. The molecule has 7 nitrogen and oxygen atoms in total. The van der Waals surface area contributed by atoms with E-state index in [0.29, 0.717) is 5.69 Å². The number of nitrogens with one attached hydrogen (secondary N) is 1. The number of nitrogens with two attached hydrogens (primary N) is 1. The Morgan fingerprint density at radius 2 is 2.08 bits per heavy atom. The number of primary amides is 1. The minimum atomic E-state index is -0.512. The standard InChI is InChI=1S/C19H14N6O/c20-18(26)5-4-13-2-1-3-16(25-13)12-8-14-15(10-23-19(14)22-9-12)17-6-7-21-11-24-17/h1-11H,(H2,20,26)(H,22,23). The lowest BCUT2D eigenvalue weighted by molar-refractivity contribution is -0.113. The van der Waals surface area contributed by atoms with Crippen molar-refractivity contribution in [2.75, 3.05) is 0 Å². The van der Waals surface area contributed by atoms with E-state index in [9.17, 15) is 4.79 Å². The molecule has 0 aromatic carbocycles. The molecule has 126 valence electrons. The number of nitrogens with zero attached hydrogens (tertiary/aromatic N) is 4. The summed E-state index contributed by atoms with van der Waals surface area (Å²) in [6.45, 7) is 0. The Labute approximate surface area is 148 Å². The zero-order valence-corrected chi connectivity index (χ0v) is 13.6. The number of fused-ring (bicyclic) bond motifs is 1. The van der Waals surface area contributed by atoms with Crippen LogP contribution in [-0.4, -0.2) is 30.8 Å². The number of hydrogen-bond acceptors (Lipinski definition) is 5. The predicted molar refractivity (Wildman–Crippen MR) is 98.6 cm³/mol. The van der Waals surface area contributed by atoms with E-state index < -0.39 is 5.91 Å². The van der Waals surface area contributed by atoms with Crippen molar-refractivity contribution in [2.45, 2.75) is 0 Å². The van der Waals surface area contributed by atoms with Crippen molar-refractivity contribution in [1.29, 1.82) is 0 Å². The summed E-state index contributed by atoms with van der Waals surface area (Å²) in [6, 6.07) is 9.43. The van der Waals surface area contributed by atoms with E-state index in [1.54, 1.807) is 24.5 Å². The Hall–Kier alpha value is -3.87. The number of aromatic amines is 1. The van der Waals surface area contributed by atoms with E-state index in [0.717, 1.165) is 33.5 Å². The van der Waals surface area contributed by atoms with Gasteiger partial charge >= 0.3 is 0 Å². The van der Waals surface area contributed by atoms with E-state index in [-0.39, 0.29) is 0 Å². The molecule has 0 aliphatic heterocycles. The van der Waals surface area contributed by atoms with E-state index in [1.807, 2.05) is 30.5 Å². The van der Waals surface area contributed by atoms with Crippen molar-refractivity contribution in [3.8, 4) is 22.5 Å². The molecular weight excluding hydrogens is 328 g/mol. The van der Waals surface area contributed by atoms with Gasteiger partial charge in [0.05, 0.1) is 17.1 Å². The Kier molecular flexibility index (Phi) is 3.95. The second-order valence-corrected chi connectivity index (χ2v) is 5.60. The van der Waals surface area contributed by atoms with Gasteiger partial charge in [-0.1, -0.05) is 6.07 Å². The molecule has 0 saturated heterocycles. The third kappa shape index (κ3) is 3.05. The number of aromatic nitrogens is 5. The van der Waals surface area contributed by atoms with Crippen LogP contribution in [0.2, 0.25) is 0 Å². The molecule has 4 aromatic rings. The molecule has 0 aliphatic rings. The first-order valence-electron chi connectivity index (χ1n) is 7.89. The third-order valence-corrected chi connectivity index (χ3v) is 3.87. The fraction of sp³-hybridized carbons (Fsp3) is 0. The molecule has 4 aromatic heterocycles. The number of amides is 1. The molecule has 0 radical (unpaired) electrons. The van der Waals surface area contributed by atoms with Gasteiger partial charge in [0, 0.05) is 41.2 Å². The molecule has 0 fully saturated rings. The third-order valence-electron chi connectivity index (χ3n) is 3.87. The molecule has 26 heavy (non-hydrogen) atoms. The minimum Gasteiger partial charge on any atom is -0.366 e. The van der Waals surface area contributed by atoms with Gasteiger partial charge in [-0.25, -0.2) is 19.9 Å². The van der Waals surface area contributed by atoms with Gasteiger partial charge in [-0.05, 0) is 30.3 Å². The number of rotatable bonds is 4. The first-order valence-corrected chi connectivity index (χ1v) is 7.89. The Morgan fingerprint density at radius 1 is 1.15 bits per heavy atom. The van der Waals surface area contributed by atoms with Crippen LogP contribution in [0.3, 0.4) is 0 Å². The van der Waals surface area contributed by atoms with Crippen LogP contribution < -0.4 is 5.73 Å². The first kappa shape index (κ1) is 15.6. The molecular formula is C19H14N6O. The first-order chi connectivity index (χ1) is 12.7. The SMILES string of the molecule is NC(=O)C=Cc1cccc(-c2cnc3[nH]cc(-c4ccncn4)c3c2)n1. The zero-order chi connectivity index (χ0) is 17.9. The maximum absolute atomic E-state index is 10.9. The smallest absolute Gasteiger partial charge is 0.241 e. The highest BCUT2D eigenvalue weighted by Gasteiger charge is 2.10. The van der Waals surface area contributed by atoms with Crippen molar-refractivity contribution in [3.63, 3.8) is 0 Å². The van der Waals surface area contributed by atoms with Crippen LogP contribution in [0.1, 0.15) is 5.69 Å². The van der Waals surface area contributed by atoms with Gasteiger partial charge in [0.2, 0.25) is 5.91 Å². The quantitative estimate of drug-likeness (QED) is 0.554. The van der Waals surface area contributed by atoms with E-state index in [4.69, 9.17) is 5.73 Å². The number of hydrogen-bond donors (Lipinski definition) is 2.